The lowest BCUT2D eigenvalue weighted by Gasteiger charge is -2.72. The lowest BCUT2D eigenvalue weighted by molar-refractivity contribution is -0.235. The Hall–Kier alpha value is -3.78. The number of ether oxygens (including phenoxy) is 1. The number of esters is 1. The van der Waals surface area contributed by atoms with E-state index in [0.29, 0.717) is 42.3 Å². The third-order valence-corrected chi connectivity index (χ3v) is 19.7. The number of rotatable bonds is 11. The standard InChI is InChI=1S/C55H78ClN3O4.CO2/c1-35(2)46-42(60)33-55(57-49(62)59(30-29-58(10)11)34-37-17-19-39(56)20-18-37)28-27-53(8)40(47(46)55)21-22-44-52(7)25-24-45(51(5,6)43(52)23-26-54(44,53)9)63-48(61)41-32-38(50(41,3)4)31-36-15-13-12-14-16-36;2-1-3/h12-20,35,38,40-41,43-45H,21-34H2,1-11H3,(H,57,62);/t38-,40-,41-,43+,44-,45+,52+,53-,54-,55-;/m1./s1. The molecule has 9 nitrogen and oxygen atoms in total. The van der Waals surface area contributed by atoms with E-state index in [1.54, 1.807) is 0 Å². The number of likely N-dealkylation sites (N-methyl/N-ethyl adjacent to an activating group) is 1. The van der Waals surface area contributed by atoms with Gasteiger partial charge in [-0.1, -0.05) is 116 Å². The third-order valence-electron chi connectivity index (χ3n) is 19.4. The third kappa shape index (κ3) is 8.65. The number of urea groups is 1. The van der Waals surface area contributed by atoms with Crippen molar-refractivity contribution in [1.29, 1.82) is 0 Å². The number of halogens is 1. The van der Waals surface area contributed by atoms with Crippen LogP contribution in [0.25, 0.3) is 0 Å². The summed E-state index contributed by atoms with van der Waals surface area (Å²) in [7, 11) is 4.07. The average molecular weight is 925 g/mol. The monoisotopic (exact) mass is 924 g/mol. The summed E-state index contributed by atoms with van der Waals surface area (Å²) in [5.41, 5.74) is 3.88. The fraction of sp³-hybridized carbons (Fsp3) is 0.679. The van der Waals surface area contributed by atoms with Crippen LogP contribution < -0.4 is 5.32 Å². The van der Waals surface area contributed by atoms with E-state index in [1.807, 2.05) is 43.3 Å². The lowest BCUT2D eigenvalue weighted by atomic mass is 9.33. The maximum atomic E-state index is 14.7. The largest absolute Gasteiger partial charge is 0.462 e. The Morgan fingerprint density at radius 1 is 0.803 bits per heavy atom. The first-order valence-electron chi connectivity index (χ1n) is 25.0. The van der Waals surface area contributed by atoms with Crippen molar-refractivity contribution in [3.05, 3.63) is 81.9 Å². The van der Waals surface area contributed by atoms with Crippen molar-refractivity contribution in [1.82, 2.24) is 15.1 Å². The quantitative estimate of drug-likeness (QED) is 0.223. The van der Waals surface area contributed by atoms with Crippen LogP contribution in [-0.4, -0.2) is 72.6 Å². The Morgan fingerprint density at radius 2 is 1.47 bits per heavy atom. The molecule has 1 N–H and O–H groups in total. The molecule has 0 spiro atoms. The fourth-order valence-electron chi connectivity index (χ4n) is 15.5. The van der Waals surface area contributed by atoms with E-state index in [9.17, 15) is 14.4 Å². The van der Waals surface area contributed by atoms with Crippen LogP contribution in [-0.2, 0) is 36.9 Å². The van der Waals surface area contributed by atoms with Gasteiger partial charge in [-0.3, -0.25) is 9.59 Å². The number of fused-ring (bicyclic) bond motifs is 7. The minimum Gasteiger partial charge on any atom is -0.462 e. The molecule has 0 aliphatic heterocycles. The molecule has 6 aliphatic carbocycles. The van der Waals surface area contributed by atoms with Crippen LogP contribution in [0.4, 0.5) is 4.79 Å². The predicted octanol–water partition coefficient (Wildman–Crippen LogP) is 11.4. The van der Waals surface area contributed by atoms with Gasteiger partial charge in [-0.05, 0) is 164 Å². The van der Waals surface area contributed by atoms with E-state index in [1.165, 1.54) is 11.1 Å². The number of nitrogens with zero attached hydrogens (tertiary/aromatic N) is 2. The number of carbonyl (C=O) groups excluding carboxylic acids is 5. The highest BCUT2D eigenvalue weighted by Crippen LogP contribution is 2.76. The summed E-state index contributed by atoms with van der Waals surface area (Å²) in [6, 6.07) is 18.4. The number of ketones is 1. The van der Waals surface area contributed by atoms with Crippen LogP contribution in [0.1, 0.15) is 138 Å². The predicted molar refractivity (Wildman–Crippen MR) is 259 cm³/mol. The number of hydrogen-bond acceptors (Lipinski definition) is 7. The second kappa shape index (κ2) is 18.6. The van der Waals surface area contributed by atoms with Gasteiger partial charge in [0, 0.05) is 36.5 Å². The molecule has 10 atom stereocenters. The van der Waals surface area contributed by atoms with Gasteiger partial charge in [0.25, 0.3) is 0 Å². The van der Waals surface area contributed by atoms with Crippen molar-refractivity contribution in [2.45, 2.75) is 151 Å². The highest BCUT2D eigenvalue weighted by molar-refractivity contribution is 6.30. The van der Waals surface area contributed by atoms with Crippen molar-refractivity contribution in [2.75, 3.05) is 27.2 Å². The number of Topliss-reactive ketones (excluding diaryl/α,β-unsaturated/α-hetero) is 1. The number of hydrogen-bond donors (Lipinski definition) is 1. The van der Waals surface area contributed by atoms with Crippen LogP contribution in [0.5, 0.6) is 0 Å². The van der Waals surface area contributed by atoms with E-state index in [2.05, 4.69) is 103 Å². The van der Waals surface area contributed by atoms with Crippen molar-refractivity contribution in [2.24, 2.45) is 62.6 Å². The molecule has 0 bridgehead atoms. The molecule has 2 aromatic carbocycles. The summed E-state index contributed by atoms with van der Waals surface area (Å²) in [6.45, 7) is 23.3. The minimum absolute atomic E-state index is 0.0172. The molecule has 6 aliphatic rings. The summed E-state index contributed by atoms with van der Waals surface area (Å²) in [6.07, 6.45) is 10.6. The van der Waals surface area contributed by atoms with E-state index in [4.69, 9.17) is 25.9 Å². The molecule has 0 heterocycles. The second-order valence-electron chi connectivity index (χ2n) is 23.9. The molecule has 0 radical (unpaired) electrons. The lowest BCUT2D eigenvalue weighted by Crippen LogP contribution is -2.67. The van der Waals surface area contributed by atoms with Crippen molar-refractivity contribution < 1.29 is 28.7 Å². The van der Waals surface area contributed by atoms with Gasteiger partial charge in [-0.15, -0.1) is 0 Å². The number of carbonyl (C=O) groups is 3. The maximum absolute atomic E-state index is 14.7. The van der Waals surface area contributed by atoms with Crippen LogP contribution in [0.3, 0.4) is 0 Å². The molecule has 10 heteroatoms. The zero-order chi connectivity index (χ0) is 48.2. The van der Waals surface area contributed by atoms with Gasteiger partial charge >= 0.3 is 18.2 Å². The number of benzene rings is 2. The Balaban J connectivity index is 0.00000210. The van der Waals surface area contributed by atoms with Crippen molar-refractivity contribution in [3.63, 3.8) is 0 Å². The summed E-state index contributed by atoms with van der Waals surface area (Å²) in [5.74, 6) is 1.94. The molecule has 2 amide bonds. The van der Waals surface area contributed by atoms with Crippen molar-refractivity contribution in [3.8, 4) is 0 Å². The number of allylic oxidation sites excluding steroid dienone is 1. The molecule has 0 saturated heterocycles. The second-order valence-corrected chi connectivity index (χ2v) is 24.4. The zero-order valence-corrected chi connectivity index (χ0v) is 42.6. The molecule has 360 valence electrons. The minimum atomic E-state index is -0.668. The number of amides is 2. The average Bonchev–Trinajstić information content (AvgIpc) is 3.54. The van der Waals surface area contributed by atoms with Gasteiger partial charge in [0.2, 0.25) is 0 Å². The Labute approximate surface area is 400 Å². The molecule has 2 aromatic rings. The molecular weight excluding hydrogens is 846 g/mol. The highest BCUT2D eigenvalue weighted by Gasteiger charge is 2.70. The number of nitrogens with one attached hydrogen (secondary N) is 1. The van der Waals surface area contributed by atoms with E-state index < -0.39 is 5.54 Å². The van der Waals surface area contributed by atoms with Gasteiger partial charge in [0.15, 0.2) is 5.78 Å². The summed E-state index contributed by atoms with van der Waals surface area (Å²) in [5, 5.41) is 4.32. The van der Waals surface area contributed by atoms with Gasteiger partial charge in [-0.25, -0.2) is 4.79 Å². The molecule has 66 heavy (non-hydrogen) atoms. The van der Waals surface area contributed by atoms with Gasteiger partial charge < -0.3 is 19.9 Å². The van der Waals surface area contributed by atoms with Crippen LogP contribution >= 0.6 is 11.6 Å². The molecule has 5 saturated carbocycles. The smallest absolute Gasteiger partial charge is 0.373 e. The van der Waals surface area contributed by atoms with Gasteiger partial charge in [0.1, 0.15) is 6.10 Å². The van der Waals surface area contributed by atoms with Crippen molar-refractivity contribution >= 4 is 35.5 Å². The SMILES string of the molecule is CC(C)C1=C2[C@H]3CC[C@@H]4[C@@]5(C)CC[C@H](OC(=O)[C@H]6C[C@@H](Cc7ccccc7)C6(C)C)C(C)(C)[C@@H]5CC[C@@]4(C)[C@]3(C)CC[C@@]2(NC(=O)N(CCN(C)C)Cc2ccc(Cl)cc2)CC1=O.O=C=O. The topological polar surface area (TPSA) is 113 Å². The first-order chi connectivity index (χ1) is 31.0. The van der Waals surface area contributed by atoms with E-state index in [0.717, 1.165) is 81.9 Å². The van der Waals surface area contributed by atoms with Gasteiger partial charge in [-0.2, -0.15) is 9.59 Å². The zero-order valence-electron chi connectivity index (χ0n) is 41.9. The Kier molecular flexibility index (Phi) is 14.1. The fourth-order valence-corrected chi connectivity index (χ4v) is 15.6. The molecule has 8 rings (SSSR count). The summed E-state index contributed by atoms with van der Waals surface area (Å²) in [4.78, 5) is 63.4. The summed E-state index contributed by atoms with van der Waals surface area (Å²) < 4.78 is 6.70. The normalized spacial score (nSPS) is 34.9. The van der Waals surface area contributed by atoms with Crippen LogP contribution in [0, 0.1) is 62.6 Å². The Bertz CT molecular complexity index is 2200. The Morgan fingerprint density at radius 3 is 2.09 bits per heavy atom. The van der Waals surface area contributed by atoms with Crippen LogP contribution in [0.15, 0.2) is 65.7 Å². The highest BCUT2D eigenvalue weighted by atomic mass is 35.5. The molecule has 0 aromatic heterocycles. The molecular formula is C56H78ClN3O6. The first kappa shape index (κ1) is 50.1. The maximum Gasteiger partial charge on any atom is 0.373 e. The van der Waals surface area contributed by atoms with Crippen LogP contribution in [0.2, 0.25) is 5.02 Å². The van der Waals surface area contributed by atoms with Gasteiger partial charge in [0.05, 0.1) is 11.5 Å². The first-order valence-corrected chi connectivity index (χ1v) is 25.3. The van der Waals surface area contributed by atoms with E-state index >= 15 is 0 Å². The molecule has 0 unspecified atom stereocenters. The molecule has 5 fully saturated rings. The summed E-state index contributed by atoms with van der Waals surface area (Å²) >= 11 is 6.24. The van der Waals surface area contributed by atoms with E-state index in [-0.39, 0.29) is 74.9 Å².